The summed E-state index contributed by atoms with van der Waals surface area (Å²) in [5.74, 6) is 2.61. The highest BCUT2D eigenvalue weighted by molar-refractivity contribution is 6.42. The number of nitrogens with zero attached hydrogens (tertiary/aromatic N) is 2. The van der Waals surface area contributed by atoms with Crippen molar-refractivity contribution in [1.29, 1.82) is 0 Å². The molecule has 0 spiro atoms. The minimum Gasteiger partial charge on any atom is -0.487 e. The summed E-state index contributed by atoms with van der Waals surface area (Å²) in [6.07, 6.45) is 2.43. The van der Waals surface area contributed by atoms with Crippen molar-refractivity contribution in [1.82, 2.24) is 4.98 Å². The first-order chi connectivity index (χ1) is 13.1. The Kier molecular flexibility index (Phi) is 5.42. The lowest BCUT2D eigenvalue weighted by Gasteiger charge is -2.31. The van der Waals surface area contributed by atoms with E-state index in [1.165, 1.54) is 12.8 Å². The molecule has 0 N–H and O–H groups in total. The quantitative estimate of drug-likeness (QED) is 0.509. The van der Waals surface area contributed by atoms with E-state index in [0.29, 0.717) is 16.7 Å². The molecule has 0 unspecified atom stereocenters. The standard InChI is InChI=1S/C22H22Cl2N2O/c1-15-9-11-26(12-10-15)21-8-6-17-3-2-4-20(22(17)25-21)27-14-16-5-7-18(23)19(24)13-16/h2-8,13,15H,9-12,14H2,1H3. The maximum atomic E-state index is 6.10. The smallest absolute Gasteiger partial charge is 0.146 e. The van der Waals surface area contributed by atoms with E-state index in [0.717, 1.165) is 47.0 Å². The zero-order chi connectivity index (χ0) is 18.8. The van der Waals surface area contributed by atoms with Crippen LogP contribution in [0, 0.1) is 5.92 Å². The minimum absolute atomic E-state index is 0.420. The number of aromatic nitrogens is 1. The Labute approximate surface area is 169 Å². The van der Waals surface area contributed by atoms with Crippen LogP contribution in [0.25, 0.3) is 10.9 Å². The summed E-state index contributed by atoms with van der Waals surface area (Å²) in [6, 6.07) is 15.8. The van der Waals surface area contributed by atoms with E-state index in [2.05, 4.69) is 30.0 Å². The number of piperidine rings is 1. The molecule has 0 amide bonds. The molecule has 27 heavy (non-hydrogen) atoms. The van der Waals surface area contributed by atoms with E-state index in [-0.39, 0.29) is 0 Å². The molecule has 1 saturated heterocycles. The SMILES string of the molecule is CC1CCN(c2ccc3cccc(OCc4ccc(Cl)c(Cl)c4)c3n2)CC1. The van der Waals surface area contributed by atoms with Gasteiger partial charge in [-0.15, -0.1) is 0 Å². The van der Waals surface area contributed by atoms with Gasteiger partial charge in [0, 0.05) is 18.5 Å². The van der Waals surface area contributed by atoms with Crippen molar-refractivity contribution in [3.05, 3.63) is 64.1 Å². The molecule has 2 aromatic carbocycles. The molecular formula is C22H22Cl2N2O. The first-order valence-corrected chi connectivity index (χ1v) is 10.1. The lowest BCUT2D eigenvalue weighted by atomic mass is 9.99. The number of hydrogen-bond acceptors (Lipinski definition) is 3. The van der Waals surface area contributed by atoms with Gasteiger partial charge in [0.25, 0.3) is 0 Å². The maximum Gasteiger partial charge on any atom is 0.146 e. The molecule has 3 nitrogen and oxygen atoms in total. The van der Waals surface area contributed by atoms with E-state index in [4.69, 9.17) is 32.9 Å². The third-order valence-electron chi connectivity index (χ3n) is 5.15. The second kappa shape index (κ2) is 7.95. The topological polar surface area (TPSA) is 25.4 Å². The highest BCUT2D eigenvalue weighted by Crippen LogP contribution is 2.29. The number of para-hydroxylation sites is 1. The van der Waals surface area contributed by atoms with Crippen molar-refractivity contribution in [2.75, 3.05) is 18.0 Å². The van der Waals surface area contributed by atoms with Crippen LogP contribution >= 0.6 is 23.2 Å². The zero-order valence-corrected chi connectivity index (χ0v) is 16.8. The highest BCUT2D eigenvalue weighted by atomic mass is 35.5. The van der Waals surface area contributed by atoms with Gasteiger partial charge in [-0.1, -0.05) is 48.3 Å². The summed E-state index contributed by atoms with van der Waals surface area (Å²) in [4.78, 5) is 7.29. The summed E-state index contributed by atoms with van der Waals surface area (Å²) < 4.78 is 6.08. The van der Waals surface area contributed by atoms with E-state index in [1.807, 2.05) is 24.3 Å². The van der Waals surface area contributed by atoms with Gasteiger partial charge >= 0.3 is 0 Å². The number of anilines is 1. The fraction of sp³-hybridized carbons (Fsp3) is 0.318. The maximum absolute atomic E-state index is 6.10. The van der Waals surface area contributed by atoms with Crippen LogP contribution in [0.4, 0.5) is 5.82 Å². The van der Waals surface area contributed by atoms with E-state index in [9.17, 15) is 0 Å². The van der Waals surface area contributed by atoms with Gasteiger partial charge in [0.15, 0.2) is 0 Å². The van der Waals surface area contributed by atoms with Crippen LogP contribution in [-0.4, -0.2) is 18.1 Å². The first-order valence-electron chi connectivity index (χ1n) is 9.31. The van der Waals surface area contributed by atoms with Gasteiger partial charge in [-0.05, 0) is 54.7 Å². The predicted molar refractivity (Wildman–Crippen MR) is 113 cm³/mol. The van der Waals surface area contributed by atoms with Crippen LogP contribution in [-0.2, 0) is 6.61 Å². The minimum atomic E-state index is 0.420. The van der Waals surface area contributed by atoms with Crippen molar-refractivity contribution in [2.24, 2.45) is 5.92 Å². The Morgan fingerprint density at radius 2 is 1.85 bits per heavy atom. The molecule has 4 rings (SSSR count). The molecular weight excluding hydrogens is 379 g/mol. The number of rotatable bonds is 4. The number of pyridine rings is 1. The molecule has 5 heteroatoms. The average Bonchev–Trinajstić information content (AvgIpc) is 2.69. The van der Waals surface area contributed by atoms with Gasteiger partial charge in [-0.3, -0.25) is 0 Å². The Hall–Kier alpha value is -1.97. The van der Waals surface area contributed by atoms with Gasteiger partial charge in [-0.25, -0.2) is 4.98 Å². The van der Waals surface area contributed by atoms with Crippen LogP contribution in [0.15, 0.2) is 48.5 Å². The summed E-state index contributed by atoms with van der Waals surface area (Å²) in [6.45, 7) is 4.86. The Morgan fingerprint density at radius 3 is 2.63 bits per heavy atom. The Balaban J connectivity index is 1.58. The summed E-state index contributed by atoms with van der Waals surface area (Å²) in [5.41, 5.74) is 1.87. The molecule has 1 fully saturated rings. The first kappa shape index (κ1) is 18.4. The summed E-state index contributed by atoms with van der Waals surface area (Å²) in [5, 5.41) is 2.17. The highest BCUT2D eigenvalue weighted by Gasteiger charge is 2.17. The number of hydrogen-bond donors (Lipinski definition) is 0. The monoisotopic (exact) mass is 400 g/mol. The molecule has 2 heterocycles. The number of benzene rings is 2. The van der Waals surface area contributed by atoms with E-state index >= 15 is 0 Å². The molecule has 0 atom stereocenters. The van der Waals surface area contributed by atoms with E-state index in [1.54, 1.807) is 6.07 Å². The van der Waals surface area contributed by atoms with Crippen molar-refractivity contribution >= 4 is 39.9 Å². The van der Waals surface area contributed by atoms with Gasteiger partial charge in [-0.2, -0.15) is 0 Å². The molecule has 0 bridgehead atoms. The largest absolute Gasteiger partial charge is 0.487 e. The van der Waals surface area contributed by atoms with Gasteiger partial charge in [0.05, 0.1) is 10.0 Å². The number of halogens is 2. The van der Waals surface area contributed by atoms with Crippen LogP contribution in [0.2, 0.25) is 10.0 Å². The molecule has 1 aliphatic rings. The molecule has 0 aliphatic carbocycles. The van der Waals surface area contributed by atoms with Crippen molar-refractivity contribution < 1.29 is 4.74 Å². The fourth-order valence-electron chi connectivity index (χ4n) is 3.43. The molecule has 0 saturated carbocycles. The van der Waals surface area contributed by atoms with Gasteiger partial charge in [0.2, 0.25) is 0 Å². The molecule has 1 aliphatic heterocycles. The molecule has 140 valence electrons. The summed E-state index contributed by atoms with van der Waals surface area (Å²) in [7, 11) is 0. The fourth-order valence-corrected chi connectivity index (χ4v) is 3.75. The normalized spacial score (nSPS) is 15.3. The van der Waals surface area contributed by atoms with Gasteiger partial charge in [0.1, 0.15) is 23.7 Å². The Morgan fingerprint density at radius 1 is 1.04 bits per heavy atom. The zero-order valence-electron chi connectivity index (χ0n) is 15.3. The third-order valence-corrected chi connectivity index (χ3v) is 5.89. The van der Waals surface area contributed by atoms with Crippen molar-refractivity contribution in [3.63, 3.8) is 0 Å². The molecule has 3 aromatic rings. The summed E-state index contributed by atoms with van der Waals surface area (Å²) >= 11 is 12.1. The average molecular weight is 401 g/mol. The molecule has 1 aromatic heterocycles. The van der Waals surface area contributed by atoms with Crippen LogP contribution in [0.3, 0.4) is 0 Å². The second-order valence-corrected chi connectivity index (χ2v) is 8.02. The van der Waals surface area contributed by atoms with Crippen molar-refractivity contribution in [2.45, 2.75) is 26.4 Å². The van der Waals surface area contributed by atoms with Crippen LogP contribution in [0.1, 0.15) is 25.3 Å². The van der Waals surface area contributed by atoms with Crippen molar-refractivity contribution in [3.8, 4) is 5.75 Å². The predicted octanol–water partition coefficient (Wildman–Crippen LogP) is 6.36. The lowest BCUT2D eigenvalue weighted by molar-refractivity contribution is 0.309. The molecule has 0 radical (unpaired) electrons. The van der Waals surface area contributed by atoms with Crippen LogP contribution < -0.4 is 9.64 Å². The lowest BCUT2D eigenvalue weighted by Crippen LogP contribution is -2.33. The van der Waals surface area contributed by atoms with Gasteiger partial charge < -0.3 is 9.64 Å². The number of ether oxygens (including phenoxy) is 1. The van der Waals surface area contributed by atoms with E-state index < -0.39 is 0 Å². The Bertz CT molecular complexity index is 952. The third kappa shape index (κ3) is 4.15. The second-order valence-electron chi connectivity index (χ2n) is 7.20. The van der Waals surface area contributed by atoms with Crippen LogP contribution in [0.5, 0.6) is 5.75 Å². The number of fused-ring (bicyclic) bond motifs is 1.